The van der Waals surface area contributed by atoms with Gasteiger partial charge in [-0.3, -0.25) is 4.79 Å². The molecule has 3 heteroatoms. The average molecular weight is 219 g/mol. The topological polar surface area (TPSA) is 17.1 Å². The Hall–Kier alpha value is -0.270. The molecule has 0 aromatic rings. The molecule has 0 saturated carbocycles. The number of allylic oxidation sites excluding steroid dienone is 4. The zero-order chi connectivity index (χ0) is 10.2. The summed E-state index contributed by atoms with van der Waals surface area (Å²) in [5, 5.41) is 0. The molecule has 0 unspecified atom stereocenters. The molecule has 1 rings (SSSR count). The summed E-state index contributed by atoms with van der Waals surface area (Å²) in [4.78, 5) is 10.9. The number of halogens is 2. The molecule has 1 nitrogen and oxygen atoms in total. The number of Topliss-reactive ketones (excluding diaryl/α,β-unsaturated/α-hetero) is 1. The molecule has 0 aromatic heterocycles. The van der Waals surface area contributed by atoms with Crippen LogP contribution in [0.3, 0.4) is 0 Å². The van der Waals surface area contributed by atoms with Crippen LogP contribution in [0.5, 0.6) is 0 Å². The van der Waals surface area contributed by atoms with Crippen LogP contribution in [-0.2, 0) is 4.79 Å². The van der Waals surface area contributed by atoms with Crippen LogP contribution in [0.15, 0.2) is 23.3 Å². The van der Waals surface area contributed by atoms with Gasteiger partial charge in [0.15, 0.2) is 5.78 Å². The second kappa shape index (κ2) is 3.47. The smallest absolute Gasteiger partial charge is 0.183 e. The molecule has 0 radical (unpaired) electrons. The van der Waals surface area contributed by atoms with Gasteiger partial charge in [-0.2, -0.15) is 0 Å². The normalized spacial score (nSPS) is 21.5. The number of rotatable bonds is 1. The Kier molecular flexibility index (Phi) is 2.88. The predicted octanol–water partition coefficient (Wildman–Crippen LogP) is 3.27. The Morgan fingerprint density at radius 2 is 1.62 bits per heavy atom. The fourth-order valence-corrected chi connectivity index (χ4v) is 1.79. The van der Waals surface area contributed by atoms with E-state index in [1.54, 1.807) is 13.8 Å². The molecule has 0 bridgehead atoms. The van der Waals surface area contributed by atoms with Crippen LogP contribution in [0.4, 0.5) is 0 Å². The van der Waals surface area contributed by atoms with Crippen molar-refractivity contribution in [1.29, 1.82) is 0 Å². The minimum atomic E-state index is -0.523. The van der Waals surface area contributed by atoms with Crippen molar-refractivity contribution in [2.45, 2.75) is 25.6 Å². The van der Waals surface area contributed by atoms with Crippen molar-refractivity contribution in [2.75, 3.05) is 0 Å². The van der Waals surface area contributed by atoms with E-state index < -0.39 is 10.3 Å². The van der Waals surface area contributed by atoms with E-state index in [0.717, 1.165) is 0 Å². The second-order valence-electron chi connectivity index (χ2n) is 3.65. The Bertz CT molecular complexity index is 278. The second-order valence-corrected chi connectivity index (χ2v) is 4.75. The first-order chi connectivity index (χ1) is 5.87. The maximum Gasteiger partial charge on any atom is 0.183 e. The Morgan fingerprint density at radius 1 is 1.23 bits per heavy atom. The summed E-state index contributed by atoms with van der Waals surface area (Å²) in [6.07, 6.45) is 3.65. The van der Waals surface area contributed by atoms with Gasteiger partial charge in [-0.05, 0) is 31.9 Å². The molecular weight excluding hydrogens is 207 g/mol. The summed E-state index contributed by atoms with van der Waals surface area (Å²) in [7, 11) is 0. The van der Waals surface area contributed by atoms with Crippen molar-refractivity contribution in [3.8, 4) is 0 Å². The number of carbonyl (C=O) groups excluding carboxylic acids is 1. The highest BCUT2D eigenvalue weighted by Crippen LogP contribution is 2.37. The maximum atomic E-state index is 11.4. The third-order valence-electron chi connectivity index (χ3n) is 2.24. The molecule has 0 amide bonds. The molecular formula is C10H12Cl2O. The molecule has 72 valence electrons. The number of carbonyl (C=O) groups is 1. The van der Waals surface area contributed by atoms with E-state index in [1.807, 2.05) is 19.1 Å². The summed E-state index contributed by atoms with van der Waals surface area (Å²) < 4.78 is 0. The van der Waals surface area contributed by atoms with E-state index >= 15 is 0 Å². The molecule has 0 aliphatic heterocycles. The number of ketones is 1. The molecule has 0 heterocycles. The number of hydrogen-bond donors (Lipinski definition) is 0. The van der Waals surface area contributed by atoms with E-state index in [4.69, 9.17) is 23.2 Å². The van der Waals surface area contributed by atoms with Crippen molar-refractivity contribution in [3.05, 3.63) is 23.3 Å². The van der Waals surface area contributed by atoms with Crippen molar-refractivity contribution in [3.63, 3.8) is 0 Å². The van der Waals surface area contributed by atoms with Crippen LogP contribution >= 0.6 is 23.2 Å². The lowest BCUT2D eigenvalue weighted by Crippen LogP contribution is -2.25. The minimum absolute atomic E-state index is 0.0754. The Morgan fingerprint density at radius 3 is 1.92 bits per heavy atom. The van der Waals surface area contributed by atoms with Gasteiger partial charge in [0, 0.05) is 5.41 Å². The molecule has 13 heavy (non-hydrogen) atoms. The predicted molar refractivity (Wildman–Crippen MR) is 56.1 cm³/mol. The summed E-state index contributed by atoms with van der Waals surface area (Å²) in [6.45, 7) is 5.48. The zero-order valence-corrected chi connectivity index (χ0v) is 9.41. The summed E-state index contributed by atoms with van der Waals surface area (Å²) in [6, 6.07) is 0. The minimum Gasteiger partial charge on any atom is -0.289 e. The monoisotopic (exact) mass is 218 g/mol. The largest absolute Gasteiger partial charge is 0.289 e. The van der Waals surface area contributed by atoms with Gasteiger partial charge in [0.1, 0.15) is 4.84 Å². The lowest BCUT2D eigenvalue weighted by atomic mass is 9.81. The quantitative estimate of drug-likeness (QED) is 0.618. The van der Waals surface area contributed by atoms with Crippen LogP contribution < -0.4 is 0 Å². The highest BCUT2D eigenvalue weighted by atomic mass is 35.5. The third-order valence-corrected chi connectivity index (χ3v) is 3.18. The lowest BCUT2D eigenvalue weighted by Gasteiger charge is -2.28. The first-order valence-corrected chi connectivity index (χ1v) is 4.96. The molecule has 0 saturated heterocycles. The van der Waals surface area contributed by atoms with E-state index in [2.05, 4.69) is 0 Å². The van der Waals surface area contributed by atoms with Gasteiger partial charge in [-0.25, -0.2) is 0 Å². The Balaban J connectivity index is 3.12. The van der Waals surface area contributed by atoms with Crippen LogP contribution in [0.1, 0.15) is 20.8 Å². The molecule has 1 aliphatic rings. The zero-order valence-electron chi connectivity index (χ0n) is 7.90. The highest BCUT2D eigenvalue weighted by Gasteiger charge is 2.32. The van der Waals surface area contributed by atoms with Gasteiger partial charge >= 0.3 is 0 Å². The number of hydrogen-bond acceptors (Lipinski definition) is 1. The molecule has 0 N–H and O–H groups in total. The van der Waals surface area contributed by atoms with Gasteiger partial charge in [0.05, 0.1) is 0 Å². The first kappa shape index (κ1) is 10.8. The van der Waals surface area contributed by atoms with E-state index in [1.165, 1.54) is 0 Å². The van der Waals surface area contributed by atoms with E-state index in [-0.39, 0.29) is 5.78 Å². The highest BCUT2D eigenvalue weighted by molar-refractivity contribution is 6.45. The first-order valence-electron chi connectivity index (χ1n) is 4.08. The molecule has 0 atom stereocenters. The molecule has 0 fully saturated rings. The van der Waals surface area contributed by atoms with Crippen LogP contribution in [-0.4, -0.2) is 10.6 Å². The fraction of sp³-hybridized carbons (Fsp3) is 0.500. The Labute approximate surface area is 88.4 Å². The number of alkyl halides is 2. The van der Waals surface area contributed by atoms with Crippen molar-refractivity contribution in [2.24, 2.45) is 5.41 Å². The van der Waals surface area contributed by atoms with Gasteiger partial charge in [0.25, 0.3) is 0 Å². The van der Waals surface area contributed by atoms with Gasteiger partial charge < -0.3 is 0 Å². The van der Waals surface area contributed by atoms with Crippen LogP contribution in [0, 0.1) is 5.41 Å². The lowest BCUT2D eigenvalue weighted by molar-refractivity contribution is -0.112. The average Bonchev–Trinajstić information content (AvgIpc) is 2.00. The van der Waals surface area contributed by atoms with Gasteiger partial charge in [0.2, 0.25) is 0 Å². The fourth-order valence-electron chi connectivity index (χ4n) is 1.54. The third kappa shape index (κ3) is 1.97. The maximum absolute atomic E-state index is 11.4. The standard InChI is InChI=1S/C10H12Cl2O/c1-6-4-10(3,9(11)12)5-7(2)8(6)13/h4-5,9H,1-3H3. The van der Waals surface area contributed by atoms with Crippen LogP contribution in [0.25, 0.3) is 0 Å². The van der Waals surface area contributed by atoms with E-state index in [9.17, 15) is 4.79 Å². The SMILES string of the molecule is CC1=CC(C)(C(Cl)Cl)C=C(C)C1=O. The van der Waals surface area contributed by atoms with E-state index in [0.29, 0.717) is 11.1 Å². The summed E-state index contributed by atoms with van der Waals surface area (Å²) >= 11 is 11.7. The van der Waals surface area contributed by atoms with Gasteiger partial charge in [-0.15, -0.1) is 23.2 Å². The summed E-state index contributed by atoms with van der Waals surface area (Å²) in [5.74, 6) is 0.0754. The summed E-state index contributed by atoms with van der Waals surface area (Å²) in [5.41, 5.74) is 1.02. The molecule has 0 aromatic carbocycles. The van der Waals surface area contributed by atoms with Crippen LogP contribution in [0.2, 0.25) is 0 Å². The molecule has 1 aliphatic carbocycles. The van der Waals surface area contributed by atoms with Crippen molar-refractivity contribution >= 4 is 29.0 Å². The van der Waals surface area contributed by atoms with Crippen molar-refractivity contribution < 1.29 is 4.79 Å². The molecule has 0 spiro atoms. The van der Waals surface area contributed by atoms with Gasteiger partial charge in [-0.1, -0.05) is 12.2 Å². The van der Waals surface area contributed by atoms with Crippen molar-refractivity contribution in [1.82, 2.24) is 0 Å².